The second-order valence-corrected chi connectivity index (χ2v) is 5.10. The fourth-order valence-corrected chi connectivity index (χ4v) is 2.06. The molecule has 0 radical (unpaired) electrons. The SMILES string of the molecule is Cc1ccc(C)c(NC(=O)[C@@H](N)Cc2ccccc2)c1. The van der Waals surface area contributed by atoms with Crippen molar-refractivity contribution in [1.82, 2.24) is 0 Å². The van der Waals surface area contributed by atoms with Crippen LogP contribution >= 0.6 is 0 Å². The maximum absolute atomic E-state index is 12.1. The van der Waals surface area contributed by atoms with Gasteiger partial charge in [-0.2, -0.15) is 0 Å². The number of anilines is 1. The number of carbonyl (C=O) groups excluding carboxylic acids is 1. The molecular weight excluding hydrogens is 248 g/mol. The van der Waals surface area contributed by atoms with Gasteiger partial charge in [0, 0.05) is 5.69 Å². The summed E-state index contributed by atoms with van der Waals surface area (Å²) in [5, 5.41) is 2.91. The number of nitrogens with one attached hydrogen (secondary N) is 1. The molecular formula is C17H20N2O. The van der Waals surface area contributed by atoms with Crippen LogP contribution in [0.25, 0.3) is 0 Å². The first-order valence-corrected chi connectivity index (χ1v) is 6.74. The van der Waals surface area contributed by atoms with Gasteiger partial charge in [0.2, 0.25) is 5.91 Å². The predicted octanol–water partition coefficient (Wildman–Crippen LogP) is 2.81. The molecule has 2 aromatic rings. The Hall–Kier alpha value is -2.13. The zero-order valence-electron chi connectivity index (χ0n) is 11.9. The molecule has 0 aliphatic rings. The highest BCUT2D eigenvalue weighted by Crippen LogP contribution is 2.16. The van der Waals surface area contributed by atoms with Gasteiger partial charge in [-0.15, -0.1) is 0 Å². The minimum absolute atomic E-state index is 0.150. The number of aryl methyl sites for hydroxylation is 2. The van der Waals surface area contributed by atoms with E-state index < -0.39 is 6.04 Å². The van der Waals surface area contributed by atoms with Crippen molar-refractivity contribution in [2.75, 3.05) is 5.32 Å². The molecule has 20 heavy (non-hydrogen) atoms. The zero-order valence-corrected chi connectivity index (χ0v) is 11.9. The number of hydrogen-bond donors (Lipinski definition) is 2. The molecule has 2 rings (SSSR count). The van der Waals surface area contributed by atoms with Crippen LogP contribution in [0.3, 0.4) is 0 Å². The third-order valence-corrected chi connectivity index (χ3v) is 3.29. The second-order valence-electron chi connectivity index (χ2n) is 5.10. The molecule has 0 spiro atoms. The van der Waals surface area contributed by atoms with Crippen LogP contribution in [0.5, 0.6) is 0 Å². The molecule has 0 aliphatic carbocycles. The fourth-order valence-electron chi connectivity index (χ4n) is 2.06. The molecule has 3 nitrogen and oxygen atoms in total. The van der Waals surface area contributed by atoms with E-state index in [0.29, 0.717) is 6.42 Å². The normalized spacial score (nSPS) is 11.9. The highest BCUT2D eigenvalue weighted by Gasteiger charge is 2.15. The van der Waals surface area contributed by atoms with E-state index in [-0.39, 0.29) is 5.91 Å². The van der Waals surface area contributed by atoms with E-state index in [1.807, 2.05) is 62.4 Å². The van der Waals surface area contributed by atoms with E-state index in [1.165, 1.54) is 0 Å². The Bertz CT molecular complexity index is 593. The minimum Gasteiger partial charge on any atom is -0.324 e. The summed E-state index contributed by atoms with van der Waals surface area (Å²) >= 11 is 0. The van der Waals surface area contributed by atoms with Crippen LogP contribution in [-0.4, -0.2) is 11.9 Å². The summed E-state index contributed by atoms with van der Waals surface area (Å²) < 4.78 is 0. The van der Waals surface area contributed by atoms with Gasteiger partial charge in [0.25, 0.3) is 0 Å². The molecule has 0 saturated heterocycles. The van der Waals surface area contributed by atoms with Gasteiger partial charge in [-0.1, -0.05) is 42.5 Å². The highest BCUT2D eigenvalue weighted by atomic mass is 16.2. The lowest BCUT2D eigenvalue weighted by molar-refractivity contribution is -0.117. The van der Waals surface area contributed by atoms with Crippen LogP contribution in [0.4, 0.5) is 5.69 Å². The summed E-state index contributed by atoms with van der Waals surface area (Å²) in [4.78, 5) is 12.1. The molecule has 0 aliphatic heterocycles. The summed E-state index contributed by atoms with van der Waals surface area (Å²) in [5.41, 5.74) is 10.0. The van der Waals surface area contributed by atoms with Crippen molar-refractivity contribution < 1.29 is 4.79 Å². The standard InChI is InChI=1S/C17H20N2O/c1-12-8-9-13(2)16(10-12)19-17(20)15(18)11-14-6-4-3-5-7-14/h3-10,15H,11,18H2,1-2H3,(H,19,20)/t15-/m0/s1. The second kappa shape index (κ2) is 6.35. The maximum atomic E-state index is 12.1. The van der Waals surface area contributed by atoms with Crippen LogP contribution in [0, 0.1) is 13.8 Å². The van der Waals surface area contributed by atoms with Crippen LogP contribution in [0.15, 0.2) is 48.5 Å². The van der Waals surface area contributed by atoms with Gasteiger partial charge in [-0.25, -0.2) is 0 Å². The van der Waals surface area contributed by atoms with E-state index in [9.17, 15) is 4.79 Å². The largest absolute Gasteiger partial charge is 0.324 e. The lowest BCUT2D eigenvalue weighted by Crippen LogP contribution is -2.37. The predicted molar refractivity (Wildman–Crippen MR) is 82.7 cm³/mol. The number of nitrogens with two attached hydrogens (primary N) is 1. The van der Waals surface area contributed by atoms with E-state index >= 15 is 0 Å². The number of hydrogen-bond acceptors (Lipinski definition) is 2. The van der Waals surface area contributed by atoms with Crippen LogP contribution in [0.2, 0.25) is 0 Å². The van der Waals surface area contributed by atoms with Gasteiger partial charge in [0.05, 0.1) is 6.04 Å². The topological polar surface area (TPSA) is 55.1 Å². The smallest absolute Gasteiger partial charge is 0.241 e. The minimum atomic E-state index is -0.544. The molecule has 1 atom stereocenters. The summed E-state index contributed by atoms with van der Waals surface area (Å²) in [6.07, 6.45) is 0.539. The third kappa shape index (κ3) is 3.68. The fraction of sp³-hybridized carbons (Fsp3) is 0.235. The molecule has 0 unspecified atom stereocenters. The Labute approximate surface area is 119 Å². The molecule has 0 aromatic heterocycles. The zero-order chi connectivity index (χ0) is 14.5. The Morgan fingerprint density at radius 1 is 1.15 bits per heavy atom. The Balaban J connectivity index is 2.02. The number of carbonyl (C=O) groups is 1. The Morgan fingerprint density at radius 3 is 2.55 bits per heavy atom. The van der Waals surface area contributed by atoms with Crippen molar-refractivity contribution in [2.45, 2.75) is 26.3 Å². The van der Waals surface area contributed by atoms with Crippen molar-refractivity contribution in [3.63, 3.8) is 0 Å². The monoisotopic (exact) mass is 268 g/mol. The van der Waals surface area contributed by atoms with Crippen molar-refractivity contribution in [3.05, 3.63) is 65.2 Å². The van der Waals surface area contributed by atoms with Gasteiger partial charge in [-0.05, 0) is 43.0 Å². The quantitative estimate of drug-likeness (QED) is 0.896. The van der Waals surface area contributed by atoms with Crippen molar-refractivity contribution >= 4 is 11.6 Å². The van der Waals surface area contributed by atoms with Gasteiger partial charge in [0.1, 0.15) is 0 Å². The first-order valence-electron chi connectivity index (χ1n) is 6.74. The number of benzene rings is 2. The van der Waals surface area contributed by atoms with Gasteiger partial charge in [0.15, 0.2) is 0 Å². The van der Waals surface area contributed by atoms with Crippen LogP contribution in [0.1, 0.15) is 16.7 Å². The number of rotatable bonds is 4. The average molecular weight is 268 g/mol. The van der Waals surface area contributed by atoms with Gasteiger partial charge in [-0.3, -0.25) is 4.79 Å². The highest BCUT2D eigenvalue weighted by molar-refractivity contribution is 5.95. The number of amides is 1. The van der Waals surface area contributed by atoms with E-state index in [1.54, 1.807) is 0 Å². The molecule has 3 N–H and O–H groups in total. The average Bonchev–Trinajstić information content (AvgIpc) is 2.44. The lowest BCUT2D eigenvalue weighted by atomic mass is 10.1. The first-order chi connectivity index (χ1) is 9.56. The van der Waals surface area contributed by atoms with Crippen LogP contribution in [-0.2, 0) is 11.2 Å². The lowest BCUT2D eigenvalue weighted by Gasteiger charge is -2.14. The van der Waals surface area contributed by atoms with Crippen molar-refractivity contribution in [3.8, 4) is 0 Å². The maximum Gasteiger partial charge on any atom is 0.241 e. The van der Waals surface area contributed by atoms with Crippen molar-refractivity contribution in [1.29, 1.82) is 0 Å². The van der Waals surface area contributed by atoms with E-state index in [0.717, 1.165) is 22.4 Å². The van der Waals surface area contributed by atoms with Crippen LogP contribution < -0.4 is 11.1 Å². The molecule has 0 saturated carbocycles. The molecule has 3 heteroatoms. The van der Waals surface area contributed by atoms with E-state index in [2.05, 4.69) is 5.32 Å². The molecule has 0 heterocycles. The first kappa shape index (κ1) is 14.3. The van der Waals surface area contributed by atoms with E-state index in [4.69, 9.17) is 5.73 Å². The molecule has 0 bridgehead atoms. The Morgan fingerprint density at radius 2 is 1.85 bits per heavy atom. The Kier molecular flexibility index (Phi) is 4.53. The van der Waals surface area contributed by atoms with Gasteiger partial charge >= 0.3 is 0 Å². The molecule has 2 aromatic carbocycles. The van der Waals surface area contributed by atoms with Gasteiger partial charge < -0.3 is 11.1 Å². The van der Waals surface area contributed by atoms with Crippen molar-refractivity contribution in [2.24, 2.45) is 5.73 Å². The molecule has 104 valence electrons. The summed E-state index contributed by atoms with van der Waals surface area (Å²) in [6, 6.07) is 15.2. The molecule has 0 fully saturated rings. The summed E-state index contributed by atoms with van der Waals surface area (Å²) in [6.45, 7) is 3.97. The summed E-state index contributed by atoms with van der Waals surface area (Å²) in [7, 11) is 0. The molecule has 1 amide bonds. The third-order valence-electron chi connectivity index (χ3n) is 3.29. The summed E-state index contributed by atoms with van der Waals surface area (Å²) in [5.74, 6) is -0.150.